The zero-order valence-electron chi connectivity index (χ0n) is 7.55. The molecule has 0 aliphatic rings. The van der Waals surface area contributed by atoms with Crippen molar-refractivity contribution >= 4 is 15.9 Å². The Hall–Kier alpha value is -0.590. The lowest BCUT2D eigenvalue weighted by Crippen LogP contribution is -2.29. The number of rotatable bonds is 2. The van der Waals surface area contributed by atoms with E-state index in [1.807, 2.05) is 0 Å². The fraction of sp³-hybridized carbons (Fsp3) is 0.333. The van der Waals surface area contributed by atoms with Crippen molar-refractivity contribution in [1.29, 1.82) is 0 Å². The molecule has 0 aromatic heterocycles. The Morgan fingerprint density at radius 1 is 1.40 bits per heavy atom. The third-order valence-electron chi connectivity index (χ3n) is 1.97. The molecule has 0 radical (unpaired) electrons. The lowest BCUT2D eigenvalue weighted by Gasteiger charge is -2.18. The minimum Gasteiger partial charge on any atom is -0.392 e. The Balaban J connectivity index is 3.17. The second kappa shape index (κ2) is 4.51. The molecule has 0 fully saturated rings. The van der Waals surface area contributed by atoms with Gasteiger partial charge >= 0.3 is 6.18 Å². The minimum atomic E-state index is -4.51. The van der Waals surface area contributed by atoms with Gasteiger partial charge in [0.2, 0.25) is 0 Å². The predicted molar refractivity (Wildman–Crippen MR) is 53.0 cm³/mol. The average Bonchev–Trinajstić information content (AvgIpc) is 2.15. The van der Waals surface area contributed by atoms with E-state index in [4.69, 9.17) is 10.8 Å². The Morgan fingerprint density at radius 2 is 2.00 bits per heavy atom. The van der Waals surface area contributed by atoms with Crippen LogP contribution in [0.15, 0.2) is 22.7 Å². The summed E-state index contributed by atoms with van der Waals surface area (Å²) in [5.41, 5.74) is 5.13. The Labute approximate surface area is 93.0 Å². The van der Waals surface area contributed by atoms with Crippen molar-refractivity contribution in [3.63, 3.8) is 0 Å². The van der Waals surface area contributed by atoms with Crippen molar-refractivity contribution in [2.45, 2.75) is 18.8 Å². The van der Waals surface area contributed by atoms with Crippen LogP contribution in [0.5, 0.6) is 0 Å². The van der Waals surface area contributed by atoms with Crippen LogP contribution in [0.2, 0.25) is 0 Å². The molecule has 84 valence electrons. The van der Waals surface area contributed by atoms with Gasteiger partial charge in [-0.1, -0.05) is 22.0 Å². The highest BCUT2D eigenvalue weighted by molar-refractivity contribution is 9.10. The van der Waals surface area contributed by atoms with Gasteiger partial charge in [-0.15, -0.1) is 0 Å². The van der Waals surface area contributed by atoms with Crippen LogP contribution in [-0.4, -0.2) is 11.3 Å². The van der Waals surface area contributed by atoms with Gasteiger partial charge in [0.1, 0.15) is 6.04 Å². The Bertz CT molecular complexity index is 354. The second-order valence-corrected chi connectivity index (χ2v) is 3.94. The molecule has 0 unspecified atom stereocenters. The van der Waals surface area contributed by atoms with Crippen molar-refractivity contribution in [2.75, 3.05) is 0 Å². The topological polar surface area (TPSA) is 46.2 Å². The molecule has 1 aromatic rings. The highest BCUT2D eigenvalue weighted by Gasteiger charge is 2.38. The van der Waals surface area contributed by atoms with Gasteiger partial charge in [0.15, 0.2) is 0 Å². The van der Waals surface area contributed by atoms with Gasteiger partial charge in [-0.3, -0.25) is 0 Å². The lowest BCUT2D eigenvalue weighted by atomic mass is 10.0. The third-order valence-corrected chi connectivity index (χ3v) is 2.46. The molecule has 0 spiro atoms. The molecular weight excluding hydrogens is 275 g/mol. The lowest BCUT2D eigenvalue weighted by molar-refractivity contribution is -0.149. The van der Waals surface area contributed by atoms with Crippen LogP contribution >= 0.6 is 15.9 Å². The molecule has 3 N–H and O–H groups in total. The molecule has 1 atom stereocenters. The normalized spacial score (nSPS) is 14.0. The van der Waals surface area contributed by atoms with E-state index in [9.17, 15) is 13.2 Å². The van der Waals surface area contributed by atoms with E-state index in [0.29, 0.717) is 4.47 Å². The number of hydrogen-bond donors (Lipinski definition) is 2. The largest absolute Gasteiger partial charge is 0.407 e. The highest BCUT2D eigenvalue weighted by Crippen LogP contribution is 2.33. The number of benzene rings is 1. The maximum absolute atomic E-state index is 12.4. The van der Waals surface area contributed by atoms with E-state index >= 15 is 0 Å². The SMILES string of the molecule is N[C@H](c1cc(Br)ccc1CO)C(F)(F)F. The number of aliphatic hydroxyl groups is 1. The van der Waals surface area contributed by atoms with Crippen LogP contribution < -0.4 is 5.73 Å². The Kier molecular flexibility index (Phi) is 3.75. The summed E-state index contributed by atoms with van der Waals surface area (Å²) < 4.78 is 37.6. The monoisotopic (exact) mass is 283 g/mol. The molecule has 0 aliphatic carbocycles. The first kappa shape index (κ1) is 12.5. The van der Waals surface area contributed by atoms with Gasteiger partial charge in [-0.25, -0.2) is 0 Å². The number of aliphatic hydroxyl groups excluding tert-OH is 1. The summed E-state index contributed by atoms with van der Waals surface area (Å²) in [5.74, 6) is 0. The minimum absolute atomic E-state index is 0.112. The number of nitrogens with two attached hydrogens (primary N) is 1. The fourth-order valence-electron chi connectivity index (χ4n) is 1.18. The standard InChI is InChI=1S/C9H9BrF3NO/c10-6-2-1-5(4-15)7(3-6)8(14)9(11,12)13/h1-3,8,15H,4,14H2/t8-/m1/s1. The van der Waals surface area contributed by atoms with Crippen molar-refractivity contribution in [3.8, 4) is 0 Å². The van der Waals surface area contributed by atoms with Gasteiger partial charge < -0.3 is 10.8 Å². The van der Waals surface area contributed by atoms with Crippen LogP contribution in [-0.2, 0) is 6.61 Å². The highest BCUT2D eigenvalue weighted by atomic mass is 79.9. The van der Waals surface area contributed by atoms with Gasteiger partial charge in [0.25, 0.3) is 0 Å². The number of hydrogen-bond acceptors (Lipinski definition) is 2. The van der Waals surface area contributed by atoms with Gasteiger partial charge in [0, 0.05) is 4.47 Å². The van der Waals surface area contributed by atoms with E-state index < -0.39 is 18.8 Å². The molecule has 0 heterocycles. The summed E-state index contributed by atoms with van der Waals surface area (Å²) in [6, 6.07) is 2.16. The molecule has 0 bridgehead atoms. The maximum Gasteiger partial charge on any atom is 0.407 e. The van der Waals surface area contributed by atoms with Crippen LogP contribution in [0.3, 0.4) is 0 Å². The molecule has 15 heavy (non-hydrogen) atoms. The molecule has 0 saturated heterocycles. The molecule has 0 amide bonds. The maximum atomic E-state index is 12.4. The third kappa shape index (κ3) is 2.93. The van der Waals surface area contributed by atoms with Gasteiger partial charge in [-0.05, 0) is 23.3 Å². The van der Waals surface area contributed by atoms with Crippen LogP contribution in [0.1, 0.15) is 17.2 Å². The molecule has 0 aliphatic heterocycles. The molecular formula is C9H9BrF3NO. The van der Waals surface area contributed by atoms with E-state index in [2.05, 4.69) is 15.9 Å². The fourth-order valence-corrected chi connectivity index (χ4v) is 1.55. The first-order chi connectivity index (χ1) is 6.86. The Morgan fingerprint density at radius 3 is 2.47 bits per heavy atom. The van der Waals surface area contributed by atoms with Crippen LogP contribution in [0, 0.1) is 0 Å². The zero-order chi connectivity index (χ0) is 11.6. The van der Waals surface area contributed by atoms with Crippen LogP contribution in [0.25, 0.3) is 0 Å². The van der Waals surface area contributed by atoms with Crippen molar-refractivity contribution in [3.05, 3.63) is 33.8 Å². The van der Waals surface area contributed by atoms with E-state index in [1.165, 1.54) is 12.1 Å². The molecule has 1 rings (SSSR count). The van der Waals surface area contributed by atoms with Crippen molar-refractivity contribution in [2.24, 2.45) is 5.73 Å². The van der Waals surface area contributed by atoms with E-state index in [0.717, 1.165) is 0 Å². The van der Waals surface area contributed by atoms with Gasteiger partial charge in [0.05, 0.1) is 6.61 Å². The summed E-state index contributed by atoms with van der Waals surface area (Å²) in [4.78, 5) is 0. The summed E-state index contributed by atoms with van der Waals surface area (Å²) in [6.07, 6.45) is -4.51. The molecule has 0 saturated carbocycles. The van der Waals surface area contributed by atoms with E-state index in [-0.39, 0.29) is 11.1 Å². The molecule has 1 aromatic carbocycles. The first-order valence-corrected chi connectivity index (χ1v) is 4.87. The molecule has 6 heteroatoms. The smallest absolute Gasteiger partial charge is 0.392 e. The predicted octanol–water partition coefficient (Wildman–Crippen LogP) is 2.50. The number of halogens is 4. The van der Waals surface area contributed by atoms with E-state index in [1.54, 1.807) is 6.07 Å². The quantitative estimate of drug-likeness (QED) is 0.876. The van der Waals surface area contributed by atoms with Gasteiger partial charge in [-0.2, -0.15) is 13.2 Å². The zero-order valence-corrected chi connectivity index (χ0v) is 9.14. The summed E-state index contributed by atoms with van der Waals surface area (Å²) in [6.45, 7) is -0.466. The van der Waals surface area contributed by atoms with Crippen molar-refractivity contribution in [1.82, 2.24) is 0 Å². The van der Waals surface area contributed by atoms with Crippen LogP contribution in [0.4, 0.5) is 13.2 Å². The molecule has 2 nitrogen and oxygen atoms in total. The second-order valence-electron chi connectivity index (χ2n) is 3.02. The number of alkyl halides is 3. The summed E-state index contributed by atoms with van der Waals surface area (Å²) in [7, 11) is 0. The summed E-state index contributed by atoms with van der Waals surface area (Å²) >= 11 is 3.06. The summed E-state index contributed by atoms with van der Waals surface area (Å²) in [5, 5.41) is 8.89. The average molecular weight is 284 g/mol. The first-order valence-electron chi connectivity index (χ1n) is 4.07. The van der Waals surface area contributed by atoms with Crippen molar-refractivity contribution < 1.29 is 18.3 Å².